The largest absolute Gasteiger partial charge is 0.489 e. The van der Waals surface area contributed by atoms with Gasteiger partial charge in [0.25, 0.3) is 0 Å². The van der Waals surface area contributed by atoms with Crippen molar-refractivity contribution in [2.45, 2.75) is 32.3 Å². The van der Waals surface area contributed by atoms with Crippen molar-refractivity contribution in [2.75, 3.05) is 18.8 Å². The molecule has 0 amide bonds. The molecule has 0 spiro atoms. The number of benzene rings is 2. The topological polar surface area (TPSA) is 112 Å². The molecule has 2 aromatic carbocycles. The summed E-state index contributed by atoms with van der Waals surface area (Å²) in [5.41, 5.74) is 9.53. The van der Waals surface area contributed by atoms with Crippen molar-refractivity contribution in [1.29, 1.82) is 0 Å². The van der Waals surface area contributed by atoms with Crippen LogP contribution >= 0.6 is 0 Å². The van der Waals surface area contributed by atoms with Gasteiger partial charge in [0.15, 0.2) is 0 Å². The lowest BCUT2D eigenvalue weighted by molar-refractivity contribution is 0.301. The Bertz CT molecular complexity index is 1600. The number of aromatic nitrogens is 5. The summed E-state index contributed by atoms with van der Waals surface area (Å²) in [6.45, 7) is 3.93. The predicted molar refractivity (Wildman–Crippen MR) is 145 cm³/mol. The third kappa shape index (κ3) is 5.37. The Labute approximate surface area is 224 Å². The van der Waals surface area contributed by atoms with Gasteiger partial charge in [-0.2, -0.15) is 0 Å². The van der Waals surface area contributed by atoms with Gasteiger partial charge in [0, 0.05) is 66.6 Å². The van der Waals surface area contributed by atoms with E-state index < -0.39 is 5.82 Å². The number of anilines is 1. The average molecular weight is 526 g/mol. The smallest absolute Gasteiger partial charge is 0.150 e. The number of aryl methyl sites for hydroxylation is 1. The first kappa shape index (κ1) is 24.7. The van der Waals surface area contributed by atoms with Gasteiger partial charge in [0.2, 0.25) is 0 Å². The third-order valence-corrected chi connectivity index (χ3v) is 6.72. The molecular formula is C29H28FN7O2. The van der Waals surface area contributed by atoms with Crippen molar-refractivity contribution in [3.05, 3.63) is 90.3 Å². The SMILES string of the molecule is Cc1ncc(COc2cc(F)cc(Oc3ccc(-c4nc([C@@H]5CCCNC5)n5ccnc(N)c45)cc3)c2)cn1. The minimum atomic E-state index is -0.462. The highest BCUT2D eigenvalue weighted by Gasteiger charge is 2.24. The maximum Gasteiger partial charge on any atom is 0.150 e. The maximum atomic E-state index is 14.3. The number of nitrogens with one attached hydrogen (secondary N) is 1. The molecule has 9 nitrogen and oxygen atoms in total. The Morgan fingerprint density at radius 2 is 1.85 bits per heavy atom. The quantitative estimate of drug-likeness (QED) is 0.303. The van der Waals surface area contributed by atoms with Crippen molar-refractivity contribution >= 4 is 11.3 Å². The number of imidazole rings is 1. The zero-order valence-electron chi connectivity index (χ0n) is 21.5. The average Bonchev–Trinajstić information content (AvgIpc) is 3.34. The number of fused-ring (bicyclic) bond motifs is 1. The molecule has 6 rings (SSSR count). The Hall–Kier alpha value is -4.57. The molecule has 10 heteroatoms. The Kier molecular flexibility index (Phi) is 6.76. The second-order valence-corrected chi connectivity index (χ2v) is 9.57. The summed E-state index contributed by atoms with van der Waals surface area (Å²) < 4.78 is 28.1. The molecule has 3 N–H and O–H groups in total. The van der Waals surface area contributed by atoms with Gasteiger partial charge in [-0.15, -0.1) is 0 Å². The monoisotopic (exact) mass is 525 g/mol. The summed E-state index contributed by atoms with van der Waals surface area (Å²) in [5.74, 6) is 3.14. The first-order chi connectivity index (χ1) is 19.0. The van der Waals surface area contributed by atoms with Crippen LogP contribution in [0.3, 0.4) is 0 Å². The van der Waals surface area contributed by atoms with Crippen molar-refractivity contribution in [1.82, 2.24) is 29.7 Å². The fourth-order valence-electron chi connectivity index (χ4n) is 4.81. The van der Waals surface area contributed by atoms with Crippen LogP contribution in [0.1, 0.15) is 36.0 Å². The van der Waals surface area contributed by atoms with Crippen LogP contribution in [0.25, 0.3) is 16.8 Å². The van der Waals surface area contributed by atoms with Crippen LogP contribution in [0.5, 0.6) is 17.2 Å². The van der Waals surface area contributed by atoms with Gasteiger partial charge in [-0.25, -0.2) is 24.3 Å². The van der Waals surface area contributed by atoms with Gasteiger partial charge in [-0.3, -0.25) is 4.40 Å². The second-order valence-electron chi connectivity index (χ2n) is 9.57. The molecule has 5 aromatic rings. The van der Waals surface area contributed by atoms with Crippen LogP contribution in [0.2, 0.25) is 0 Å². The van der Waals surface area contributed by atoms with Crippen LogP contribution in [-0.2, 0) is 6.61 Å². The van der Waals surface area contributed by atoms with Crippen molar-refractivity contribution in [3.8, 4) is 28.5 Å². The lowest BCUT2D eigenvalue weighted by Gasteiger charge is -2.21. The fourth-order valence-corrected chi connectivity index (χ4v) is 4.81. The molecule has 0 aliphatic carbocycles. The molecule has 3 aromatic heterocycles. The molecule has 0 unspecified atom stereocenters. The number of hydrogen-bond acceptors (Lipinski definition) is 8. The molecule has 0 bridgehead atoms. The number of nitrogens with two attached hydrogens (primary N) is 1. The lowest BCUT2D eigenvalue weighted by atomic mass is 9.99. The molecule has 1 fully saturated rings. The van der Waals surface area contributed by atoms with Crippen molar-refractivity contribution in [2.24, 2.45) is 0 Å². The van der Waals surface area contributed by atoms with E-state index in [2.05, 4.69) is 24.7 Å². The predicted octanol–water partition coefficient (Wildman–Crippen LogP) is 5.05. The van der Waals surface area contributed by atoms with Crippen LogP contribution in [0, 0.1) is 12.7 Å². The number of ether oxygens (including phenoxy) is 2. The van der Waals surface area contributed by atoms with E-state index in [0.717, 1.165) is 54.1 Å². The summed E-state index contributed by atoms with van der Waals surface area (Å²) >= 11 is 0. The van der Waals surface area contributed by atoms with E-state index >= 15 is 0 Å². The maximum absolute atomic E-state index is 14.3. The second kappa shape index (κ2) is 10.7. The minimum Gasteiger partial charge on any atom is -0.489 e. The standard InChI is InChI=1S/C29H28FN7O2/c1-18-34-14-19(15-35-18)17-38-24-11-22(30)12-25(13-24)39-23-6-4-20(5-7-23)26-27-28(31)33-9-10-37(27)29(36-26)21-3-2-8-32-16-21/h4-7,9-15,21,32H,2-3,8,16-17H2,1H3,(H2,31,33)/t21-/m1/s1. The normalized spacial score (nSPS) is 15.4. The summed E-state index contributed by atoms with van der Waals surface area (Å²) in [6, 6.07) is 11.8. The molecular weight excluding hydrogens is 497 g/mol. The highest BCUT2D eigenvalue weighted by Crippen LogP contribution is 2.34. The van der Waals surface area contributed by atoms with Crippen LogP contribution < -0.4 is 20.5 Å². The Morgan fingerprint density at radius 1 is 1.05 bits per heavy atom. The molecule has 1 atom stereocenters. The zero-order valence-corrected chi connectivity index (χ0v) is 21.5. The van der Waals surface area contributed by atoms with Gasteiger partial charge >= 0.3 is 0 Å². The molecule has 1 saturated heterocycles. The lowest BCUT2D eigenvalue weighted by Crippen LogP contribution is -2.29. The van der Waals surface area contributed by atoms with Gasteiger partial charge in [0.05, 0.1) is 0 Å². The van der Waals surface area contributed by atoms with E-state index in [9.17, 15) is 4.39 Å². The first-order valence-electron chi connectivity index (χ1n) is 12.9. The van der Waals surface area contributed by atoms with Crippen LogP contribution in [0.15, 0.2) is 67.3 Å². The number of rotatable bonds is 7. The third-order valence-electron chi connectivity index (χ3n) is 6.72. The summed E-state index contributed by atoms with van der Waals surface area (Å²) in [7, 11) is 0. The molecule has 1 aliphatic rings. The summed E-state index contributed by atoms with van der Waals surface area (Å²) in [4.78, 5) is 17.6. The molecule has 39 heavy (non-hydrogen) atoms. The van der Waals surface area contributed by atoms with Crippen molar-refractivity contribution < 1.29 is 13.9 Å². The summed E-state index contributed by atoms with van der Waals surface area (Å²) in [6.07, 6.45) is 9.16. The first-order valence-corrected chi connectivity index (χ1v) is 12.9. The molecule has 0 radical (unpaired) electrons. The highest BCUT2D eigenvalue weighted by atomic mass is 19.1. The van der Waals surface area contributed by atoms with E-state index in [0.29, 0.717) is 34.8 Å². The van der Waals surface area contributed by atoms with Crippen LogP contribution in [0.4, 0.5) is 10.2 Å². The van der Waals surface area contributed by atoms with Gasteiger partial charge in [-0.1, -0.05) is 0 Å². The molecule has 0 saturated carbocycles. The number of nitrogen functional groups attached to an aromatic ring is 1. The van der Waals surface area contributed by atoms with E-state index in [1.807, 2.05) is 37.4 Å². The Balaban J connectivity index is 1.22. The van der Waals surface area contributed by atoms with Crippen LogP contribution in [-0.4, -0.2) is 37.4 Å². The van der Waals surface area contributed by atoms with Crippen molar-refractivity contribution in [3.63, 3.8) is 0 Å². The number of piperidine rings is 1. The fraction of sp³-hybridized carbons (Fsp3) is 0.241. The highest BCUT2D eigenvalue weighted by molar-refractivity contribution is 5.85. The van der Waals surface area contributed by atoms with Gasteiger partial charge in [-0.05, 0) is 50.6 Å². The number of halogens is 1. The molecule has 198 valence electrons. The van der Waals surface area contributed by atoms with E-state index in [4.69, 9.17) is 20.2 Å². The number of nitrogens with zero attached hydrogens (tertiary/aromatic N) is 5. The molecule has 4 heterocycles. The number of hydrogen-bond donors (Lipinski definition) is 2. The molecule has 1 aliphatic heterocycles. The van der Waals surface area contributed by atoms with E-state index in [1.54, 1.807) is 24.7 Å². The van der Waals surface area contributed by atoms with E-state index in [-0.39, 0.29) is 6.61 Å². The summed E-state index contributed by atoms with van der Waals surface area (Å²) in [5, 5.41) is 3.46. The van der Waals surface area contributed by atoms with Gasteiger partial charge < -0.3 is 20.5 Å². The minimum absolute atomic E-state index is 0.216. The van der Waals surface area contributed by atoms with E-state index in [1.165, 1.54) is 12.1 Å². The zero-order chi connectivity index (χ0) is 26.8. The Morgan fingerprint density at radius 3 is 2.62 bits per heavy atom. The van der Waals surface area contributed by atoms with Gasteiger partial charge in [0.1, 0.15) is 58.3 Å².